The van der Waals surface area contributed by atoms with Gasteiger partial charge in [0.15, 0.2) is 5.78 Å². The first kappa shape index (κ1) is 23.6. The van der Waals surface area contributed by atoms with E-state index in [1.54, 1.807) is 0 Å². The van der Waals surface area contributed by atoms with Crippen LogP contribution in [0.4, 0.5) is 0 Å². The lowest BCUT2D eigenvalue weighted by molar-refractivity contribution is -0.135. The van der Waals surface area contributed by atoms with Gasteiger partial charge >= 0.3 is 0 Å². The number of rotatable bonds is 4. The Kier molecular flexibility index (Phi) is 6.41. The highest BCUT2D eigenvalue weighted by atomic mass is 35.5. The second-order valence-corrected chi connectivity index (χ2v) is 10.2. The highest BCUT2D eigenvalue weighted by molar-refractivity contribution is 6.32. The monoisotopic (exact) mass is 487 g/mol. The molecule has 3 aromatic rings. The number of Topliss-reactive ketones (excluding diaryl/α,β-unsaturated/α-hetero) is 1. The predicted octanol–water partition coefficient (Wildman–Crippen LogP) is 6.51. The van der Waals surface area contributed by atoms with Crippen LogP contribution in [0.15, 0.2) is 66.7 Å². The lowest BCUT2D eigenvalue weighted by Gasteiger charge is -2.44. The third-order valence-electron chi connectivity index (χ3n) is 7.54. The highest BCUT2D eigenvalue weighted by Crippen LogP contribution is 2.43. The summed E-state index contributed by atoms with van der Waals surface area (Å²) >= 11 is 6.39. The van der Waals surface area contributed by atoms with Crippen molar-refractivity contribution in [3.05, 3.63) is 99.6 Å². The summed E-state index contributed by atoms with van der Waals surface area (Å²) in [6.07, 6.45) is 2.04. The Balaban J connectivity index is 1.30. The number of likely N-dealkylation sites (tertiary alicyclic amines) is 1. The van der Waals surface area contributed by atoms with Crippen LogP contribution in [0, 0.1) is 13.8 Å². The normalized spacial score (nSPS) is 16.8. The zero-order chi connectivity index (χ0) is 24.6. The number of halogens is 1. The van der Waals surface area contributed by atoms with Crippen molar-refractivity contribution in [1.29, 1.82) is 0 Å². The molecular formula is C30H30ClNO3. The van der Waals surface area contributed by atoms with Crippen molar-refractivity contribution in [1.82, 2.24) is 4.90 Å². The molecule has 35 heavy (non-hydrogen) atoms. The summed E-state index contributed by atoms with van der Waals surface area (Å²) in [5, 5.41) is 0.628. The van der Waals surface area contributed by atoms with E-state index in [1.807, 2.05) is 61.2 Å². The second kappa shape index (κ2) is 9.50. The largest absolute Gasteiger partial charge is 0.486 e. The van der Waals surface area contributed by atoms with Crippen LogP contribution in [0.25, 0.3) is 0 Å². The van der Waals surface area contributed by atoms with E-state index in [-0.39, 0.29) is 17.6 Å². The average Bonchev–Trinajstić information content (AvgIpc) is 2.87. The number of amides is 1. The van der Waals surface area contributed by atoms with Crippen LogP contribution in [0.2, 0.25) is 5.02 Å². The van der Waals surface area contributed by atoms with Crippen LogP contribution in [0.3, 0.4) is 0 Å². The molecular weight excluding hydrogens is 458 g/mol. The lowest BCUT2D eigenvalue weighted by Crippen LogP contribution is -2.52. The number of ether oxygens (including phenoxy) is 1. The van der Waals surface area contributed by atoms with E-state index in [1.165, 1.54) is 0 Å². The molecule has 2 aliphatic heterocycles. The molecule has 0 radical (unpaired) electrons. The van der Waals surface area contributed by atoms with Crippen LogP contribution >= 0.6 is 11.6 Å². The van der Waals surface area contributed by atoms with Gasteiger partial charge in [0.05, 0.1) is 12.0 Å². The number of hydrogen-bond donors (Lipinski definition) is 0. The quantitative estimate of drug-likeness (QED) is 0.421. The zero-order valence-electron chi connectivity index (χ0n) is 20.2. The van der Waals surface area contributed by atoms with Crippen molar-refractivity contribution in [2.24, 2.45) is 0 Å². The molecule has 3 aromatic carbocycles. The Hall–Kier alpha value is -3.11. The van der Waals surface area contributed by atoms with Gasteiger partial charge in [-0.05, 0) is 42.2 Å². The minimum absolute atomic E-state index is 0.0101. The van der Waals surface area contributed by atoms with E-state index in [4.69, 9.17) is 16.3 Å². The Morgan fingerprint density at radius 1 is 1.00 bits per heavy atom. The first-order valence-electron chi connectivity index (χ1n) is 12.3. The molecule has 180 valence electrons. The number of carbonyl (C=O) groups is 2. The molecule has 1 spiro atoms. The summed E-state index contributed by atoms with van der Waals surface area (Å²) in [6.45, 7) is 4.99. The summed E-state index contributed by atoms with van der Waals surface area (Å²) in [5.74, 6) is 0.863. The van der Waals surface area contributed by atoms with Crippen LogP contribution < -0.4 is 4.74 Å². The summed E-state index contributed by atoms with van der Waals surface area (Å²) in [7, 11) is 0. The number of carbonyl (C=O) groups excluding carboxylic acids is 2. The zero-order valence-corrected chi connectivity index (χ0v) is 21.0. The molecule has 4 nitrogen and oxygen atoms in total. The number of aryl methyl sites for hydroxylation is 1. The fourth-order valence-electron chi connectivity index (χ4n) is 5.54. The van der Waals surface area contributed by atoms with Gasteiger partial charge in [-0.15, -0.1) is 0 Å². The minimum Gasteiger partial charge on any atom is -0.486 e. The number of piperidine rings is 1. The maximum absolute atomic E-state index is 13.4. The smallest absolute Gasteiger partial charge is 0.223 e. The standard InChI is InChI=1S/C30H30ClNO3/c1-20-17-26-28(21(2)29(20)31)25(33)19-30(35-26)13-15-32(16-14-30)27(34)18-24(22-9-5-3-6-10-22)23-11-7-4-8-12-23/h3-12,17,24H,13-16,18-19H2,1-2H3. The van der Waals surface area contributed by atoms with Gasteiger partial charge in [0.1, 0.15) is 11.4 Å². The molecule has 0 N–H and O–H groups in total. The molecule has 1 fully saturated rings. The molecule has 0 aromatic heterocycles. The highest BCUT2D eigenvalue weighted by Gasteiger charge is 2.44. The summed E-state index contributed by atoms with van der Waals surface area (Å²) in [5.41, 5.74) is 4.05. The molecule has 0 saturated carbocycles. The van der Waals surface area contributed by atoms with E-state index in [0.29, 0.717) is 55.1 Å². The van der Waals surface area contributed by atoms with Crippen LogP contribution in [-0.4, -0.2) is 35.3 Å². The van der Waals surface area contributed by atoms with Gasteiger partial charge in [-0.25, -0.2) is 0 Å². The van der Waals surface area contributed by atoms with Gasteiger partial charge in [-0.3, -0.25) is 9.59 Å². The predicted molar refractivity (Wildman–Crippen MR) is 138 cm³/mol. The molecule has 2 heterocycles. The van der Waals surface area contributed by atoms with Crippen LogP contribution in [0.1, 0.15) is 64.2 Å². The van der Waals surface area contributed by atoms with Gasteiger partial charge < -0.3 is 9.64 Å². The van der Waals surface area contributed by atoms with Gasteiger partial charge in [0, 0.05) is 43.3 Å². The Morgan fingerprint density at radius 2 is 1.57 bits per heavy atom. The topological polar surface area (TPSA) is 46.6 Å². The maximum atomic E-state index is 13.4. The van der Waals surface area contributed by atoms with E-state index in [0.717, 1.165) is 22.3 Å². The minimum atomic E-state index is -0.550. The van der Waals surface area contributed by atoms with Gasteiger partial charge in [0.2, 0.25) is 5.91 Å². The van der Waals surface area contributed by atoms with E-state index in [2.05, 4.69) is 24.3 Å². The lowest BCUT2D eigenvalue weighted by atomic mass is 9.81. The van der Waals surface area contributed by atoms with Gasteiger partial charge in [0.25, 0.3) is 0 Å². The Labute approximate surface area is 211 Å². The first-order valence-corrected chi connectivity index (χ1v) is 12.6. The summed E-state index contributed by atoms with van der Waals surface area (Å²) in [4.78, 5) is 28.5. The third-order valence-corrected chi connectivity index (χ3v) is 8.12. The van der Waals surface area contributed by atoms with Crippen molar-refractivity contribution in [2.75, 3.05) is 13.1 Å². The fraction of sp³-hybridized carbons (Fsp3) is 0.333. The van der Waals surface area contributed by atoms with Crippen molar-refractivity contribution in [2.45, 2.75) is 51.0 Å². The molecule has 0 bridgehead atoms. The summed E-state index contributed by atoms with van der Waals surface area (Å²) in [6, 6.07) is 22.3. The number of nitrogens with zero attached hydrogens (tertiary/aromatic N) is 1. The Morgan fingerprint density at radius 3 is 2.14 bits per heavy atom. The molecule has 0 aliphatic carbocycles. The first-order chi connectivity index (χ1) is 16.9. The maximum Gasteiger partial charge on any atom is 0.223 e. The second-order valence-electron chi connectivity index (χ2n) is 9.85. The third kappa shape index (κ3) is 4.60. The van der Waals surface area contributed by atoms with Gasteiger partial charge in [-0.2, -0.15) is 0 Å². The molecule has 5 heteroatoms. The number of ketones is 1. The molecule has 1 amide bonds. The van der Waals surface area contributed by atoms with E-state index in [9.17, 15) is 9.59 Å². The van der Waals surface area contributed by atoms with E-state index >= 15 is 0 Å². The number of fused-ring (bicyclic) bond motifs is 1. The number of hydrogen-bond acceptors (Lipinski definition) is 3. The molecule has 0 atom stereocenters. The van der Waals surface area contributed by atoms with Crippen molar-refractivity contribution >= 4 is 23.3 Å². The van der Waals surface area contributed by atoms with Crippen LogP contribution in [0.5, 0.6) is 5.75 Å². The van der Waals surface area contributed by atoms with E-state index < -0.39 is 5.60 Å². The SMILES string of the molecule is Cc1cc2c(c(C)c1Cl)C(=O)CC1(CCN(C(=O)CC(c3ccccc3)c3ccccc3)CC1)O2. The average molecular weight is 488 g/mol. The van der Waals surface area contributed by atoms with Crippen molar-refractivity contribution in [3.8, 4) is 5.75 Å². The fourth-order valence-corrected chi connectivity index (χ4v) is 5.69. The molecule has 1 saturated heterocycles. The van der Waals surface area contributed by atoms with Gasteiger partial charge in [-0.1, -0.05) is 72.3 Å². The summed E-state index contributed by atoms with van der Waals surface area (Å²) < 4.78 is 6.48. The Bertz CT molecular complexity index is 1210. The van der Waals surface area contributed by atoms with Crippen LogP contribution in [-0.2, 0) is 4.79 Å². The number of benzene rings is 3. The van der Waals surface area contributed by atoms with Crippen molar-refractivity contribution in [3.63, 3.8) is 0 Å². The molecule has 5 rings (SSSR count). The molecule has 2 aliphatic rings. The molecule has 0 unspecified atom stereocenters. The van der Waals surface area contributed by atoms with Crippen molar-refractivity contribution < 1.29 is 14.3 Å².